The highest BCUT2D eigenvalue weighted by Gasteiger charge is 2.23. The summed E-state index contributed by atoms with van der Waals surface area (Å²) in [5, 5.41) is 12.2. The number of esters is 1. The number of carbonyl (C=O) groups excluding carboxylic acids is 2. The molecule has 0 aliphatic rings. The van der Waals surface area contributed by atoms with E-state index in [2.05, 4.69) is 21.3 Å². The molecule has 0 aromatic heterocycles. The van der Waals surface area contributed by atoms with E-state index >= 15 is 0 Å². The smallest absolute Gasteiger partial charge is 0.463 e. The number of unbranched alkanes of at least 4 members (excludes halogenated alkanes) is 22. The van der Waals surface area contributed by atoms with E-state index in [-0.39, 0.29) is 32.1 Å². The minimum atomic E-state index is -4.36. The molecular formula is C33H66NO8P. The monoisotopic (exact) mass is 635 g/mol. The fourth-order valence-electron chi connectivity index (χ4n) is 4.97. The maximum absolute atomic E-state index is 11.9. The molecular weight excluding hydrogens is 569 g/mol. The molecule has 0 aromatic rings. The van der Waals surface area contributed by atoms with Crippen LogP contribution in [0.1, 0.15) is 168 Å². The van der Waals surface area contributed by atoms with Crippen LogP contribution in [-0.2, 0) is 27.9 Å². The van der Waals surface area contributed by atoms with Crippen molar-refractivity contribution in [1.82, 2.24) is 5.32 Å². The predicted octanol–water partition coefficient (Wildman–Crippen LogP) is 8.54. The zero-order valence-electron chi connectivity index (χ0n) is 27.7. The molecule has 0 aromatic carbocycles. The van der Waals surface area contributed by atoms with E-state index in [1.807, 2.05) is 0 Å². The van der Waals surface area contributed by atoms with Gasteiger partial charge in [0.2, 0.25) is 5.91 Å². The van der Waals surface area contributed by atoms with Crippen molar-refractivity contribution in [3.63, 3.8) is 0 Å². The lowest BCUT2D eigenvalue weighted by Gasteiger charge is -2.15. The van der Waals surface area contributed by atoms with Crippen molar-refractivity contribution in [2.75, 3.05) is 26.4 Å². The molecule has 43 heavy (non-hydrogen) atoms. The third-order valence-electron chi connectivity index (χ3n) is 7.58. The van der Waals surface area contributed by atoms with Gasteiger partial charge in [-0.15, -0.1) is 0 Å². The summed E-state index contributed by atoms with van der Waals surface area (Å²) in [6, 6.07) is 0. The van der Waals surface area contributed by atoms with Crippen LogP contribution in [-0.4, -0.2) is 54.3 Å². The molecule has 0 bridgehead atoms. The summed E-state index contributed by atoms with van der Waals surface area (Å²) in [5.74, 6) is -0.688. The maximum atomic E-state index is 11.9. The minimum absolute atomic E-state index is 0.0585. The normalized spacial score (nSPS) is 13.5. The van der Waals surface area contributed by atoms with Gasteiger partial charge in [0.25, 0.3) is 0 Å². The second-order valence-electron chi connectivity index (χ2n) is 11.9. The van der Waals surface area contributed by atoms with Crippen molar-refractivity contribution in [3.8, 4) is 0 Å². The number of ether oxygens (including phenoxy) is 1. The molecule has 0 rings (SSSR count). The Kier molecular flexibility index (Phi) is 30.3. The average Bonchev–Trinajstić information content (AvgIpc) is 2.97. The molecule has 0 aliphatic heterocycles. The molecule has 256 valence electrons. The van der Waals surface area contributed by atoms with Crippen LogP contribution in [0, 0.1) is 0 Å². The highest BCUT2D eigenvalue weighted by molar-refractivity contribution is 7.47. The first-order chi connectivity index (χ1) is 20.8. The van der Waals surface area contributed by atoms with E-state index in [1.165, 1.54) is 135 Å². The summed E-state index contributed by atoms with van der Waals surface area (Å²) in [6.45, 7) is 2.61. The number of hydrogen-bond donors (Lipinski definition) is 3. The van der Waals surface area contributed by atoms with E-state index < -0.39 is 26.5 Å². The van der Waals surface area contributed by atoms with Crippen LogP contribution in [0.15, 0.2) is 0 Å². The lowest BCUT2D eigenvalue weighted by molar-refractivity contribution is -0.147. The fourth-order valence-corrected chi connectivity index (χ4v) is 5.73. The van der Waals surface area contributed by atoms with Gasteiger partial charge in [-0.2, -0.15) is 0 Å². The third-order valence-corrected chi connectivity index (χ3v) is 8.57. The van der Waals surface area contributed by atoms with E-state index in [1.54, 1.807) is 0 Å². The van der Waals surface area contributed by atoms with Crippen LogP contribution in [0.2, 0.25) is 0 Å². The van der Waals surface area contributed by atoms with Gasteiger partial charge in [-0.3, -0.25) is 18.6 Å². The number of aliphatic hydroxyl groups is 1. The largest absolute Gasteiger partial charge is 0.472 e. The Morgan fingerprint density at radius 1 is 0.651 bits per heavy atom. The lowest BCUT2D eigenvalue weighted by Crippen LogP contribution is -2.25. The molecule has 0 radical (unpaired) electrons. The number of hydrogen-bond acceptors (Lipinski definition) is 7. The van der Waals surface area contributed by atoms with Crippen LogP contribution in [0.5, 0.6) is 0 Å². The summed E-state index contributed by atoms with van der Waals surface area (Å²) < 4.78 is 26.1. The molecule has 0 saturated carbocycles. The molecule has 0 fully saturated rings. The minimum Gasteiger partial charge on any atom is -0.463 e. The van der Waals surface area contributed by atoms with Crippen LogP contribution in [0.4, 0.5) is 0 Å². The molecule has 2 atom stereocenters. The molecule has 0 spiro atoms. The number of phosphoric acid groups is 1. The Morgan fingerprint density at radius 3 is 1.44 bits per heavy atom. The van der Waals surface area contributed by atoms with E-state index in [4.69, 9.17) is 4.74 Å². The van der Waals surface area contributed by atoms with Crippen LogP contribution in [0.25, 0.3) is 0 Å². The van der Waals surface area contributed by atoms with Gasteiger partial charge in [-0.1, -0.05) is 148 Å². The quantitative estimate of drug-likeness (QED) is 0.0371. The van der Waals surface area contributed by atoms with Crippen molar-refractivity contribution in [2.24, 2.45) is 0 Å². The molecule has 1 amide bonds. The predicted molar refractivity (Wildman–Crippen MR) is 174 cm³/mol. The molecule has 10 heteroatoms. The van der Waals surface area contributed by atoms with Gasteiger partial charge in [-0.25, -0.2) is 4.57 Å². The van der Waals surface area contributed by atoms with Gasteiger partial charge >= 0.3 is 13.8 Å². The van der Waals surface area contributed by atoms with E-state index in [9.17, 15) is 24.2 Å². The second kappa shape index (κ2) is 31.0. The Labute approximate surface area is 263 Å². The van der Waals surface area contributed by atoms with E-state index in [0.29, 0.717) is 0 Å². The first-order valence-electron chi connectivity index (χ1n) is 17.5. The van der Waals surface area contributed by atoms with Crippen LogP contribution < -0.4 is 5.32 Å². The van der Waals surface area contributed by atoms with E-state index in [0.717, 1.165) is 19.3 Å². The van der Waals surface area contributed by atoms with Crippen molar-refractivity contribution in [2.45, 2.75) is 174 Å². The van der Waals surface area contributed by atoms with Crippen molar-refractivity contribution in [1.29, 1.82) is 0 Å². The summed E-state index contributed by atoms with van der Waals surface area (Å²) in [5.41, 5.74) is 0. The van der Waals surface area contributed by atoms with Crippen LogP contribution in [0.3, 0.4) is 0 Å². The first kappa shape index (κ1) is 42.0. The van der Waals surface area contributed by atoms with Gasteiger partial charge in [0.15, 0.2) is 0 Å². The summed E-state index contributed by atoms with van der Waals surface area (Å²) in [7, 11) is -4.36. The number of carbonyl (C=O) groups is 2. The third kappa shape index (κ3) is 33.7. The highest BCUT2D eigenvalue weighted by atomic mass is 31.2. The Balaban J connectivity index is 3.37. The number of phosphoric ester groups is 1. The number of rotatable bonds is 33. The van der Waals surface area contributed by atoms with Gasteiger partial charge in [0, 0.05) is 19.9 Å². The summed E-state index contributed by atoms with van der Waals surface area (Å²) in [4.78, 5) is 32.1. The lowest BCUT2D eigenvalue weighted by atomic mass is 10.0. The van der Waals surface area contributed by atoms with Crippen molar-refractivity contribution in [3.05, 3.63) is 0 Å². The topological polar surface area (TPSA) is 131 Å². The zero-order chi connectivity index (χ0) is 31.9. The average molecular weight is 636 g/mol. The number of amides is 1. The first-order valence-corrected chi connectivity index (χ1v) is 19.0. The van der Waals surface area contributed by atoms with Gasteiger partial charge in [0.1, 0.15) is 12.7 Å². The molecule has 2 unspecified atom stereocenters. The molecule has 0 aliphatic carbocycles. The summed E-state index contributed by atoms with van der Waals surface area (Å²) >= 11 is 0. The Hall–Kier alpha value is -0.990. The number of nitrogens with one attached hydrogen (secondary N) is 1. The molecule has 3 N–H and O–H groups in total. The van der Waals surface area contributed by atoms with Gasteiger partial charge in [-0.05, 0) is 6.42 Å². The standard InChI is InChI=1S/C33H66NO8P/c1-3-4-5-6-7-8-9-10-11-12-13-14-15-16-17-18-19-20-21-22-23-24-25-26-33(37)40-29-32(36)30-42-43(38,39)41-28-27-34-31(2)35/h32,36H,3-30H2,1-2H3,(H,34,35)(H,38,39). The molecule has 9 nitrogen and oxygen atoms in total. The Bertz CT molecular complexity index is 694. The Morgan fingerprint density at radius 2 is 1.05 bits per heavy atom. The van der Waals surface area contributed by atoms with Crippen LogP contribution >= 0.6 is 7.82 Å². The fraction of sp³-hybridized carbons (Fsp3) is 0.939. The molecule has 0 heterocycles. The van der Waals surface area contributed by atoms with Gasteiger partial charge in [0.05, 0.1) is 13.2 Å². The maximum Gasteiger partial charge on any atom is 0.472 e. The highest BCUT2D eigenvalue weighted by Crippen LogP contribution is 2.42. The number of aliphatic hydroxyl groups excluding tert-OH is 1. The van der Waals surface area contributed by atoms with Gasteiger partial charge < -0.3 is 20.1 Å². The summed E-state index contributed by atoms with van der Waals surface area (Å²) in [6.07, 6.45) is 29.5. The zero-order valence-corrected chi connectivity index (χ0v) is 28.6. The van der Waals surface area contributed by atoms with Crippen molar-refractivity contribution >= 4 is 19.7 Å². The molecule has 0 saturated heterocycles. The SMILES string of the molecule is CCCCCCCCCCCCCCCCCCCCCCCCCC(=O)OCC(O)COP(=O)(O)OCCNC(C)=O. The second-order valence-corrected chi connectivity index (χ2v) is 13.4. The van der Waals surface area contributed by atoms with Crippen molar-refractivity contribution < 1.29 is 37.9 Å².